The summed E-state index contributed by atoms with van der Waals surface area (Å²) in [5, 5.41) is 3.33. The monoisotopic (exact) mass is 248 g/mol. The zero-order valence-corrected chi connectivity index (χ0v) is 11.5. The molecular weight excluding hydrogens is 224 g/mol. The Balaban J connectivity index is 1.65. The Hall–Kier alpha value is -1.09. The van der Waals surface area contributed by atoms with E-state index >= 15 is 0 Å². The van der Waals surface area contributed by atoms with Crippen molar-refractivity contribution >= 4 is 5.82 Å². The highest BCUT2D eigenvalue weighted by atomic mass is 16.5. The van der Waals surface area contributed by atoms with Crippen molar-refractivity contribution in [2.45, 2.75) is 39.5 Å². The van der Waals surface area contributed by atoms with E-state index in [1.165, 1.54) is 24.1 Å². The summed E-state index contributed by atoms with van der Waals surface area (Å²) in [6, 6.07) is 4.29. The molecule has 0 bridgehead atoms. The predicted octanol–water partition coefficient (Wildman–Crippen LogP) is 3.04. The Morgan fingerprint density at radius 3 is 3.00 bits per heavy atom. The Morgan fingerprint density at radius 1 is 1.28 bits per heavy atom. The fourth-order valence-corrected chi connectivity index (χ4v) is 2.19. The van der Waals surface area contributed by atoms with Crippen molar-refractivity contribution in [2.75, 3.05) is 25.1 Å². The molecule has 0 spiro atoms. The second-order valence-electron chi connectivity index (χ2n) is 5.38. The van der Waals surface area contributed by atoms with Gasteiger partial charge in [-0.2, -0.15) is 0 Å². The Bertz CT molecular complexity index is 377. The van der Waals surface area contributed by atoms with Gasteiger partial charge < -0.3 is 10.1 Å². The van der Waals surface area contributed by atoms with E-state index in [1.54, 1.807) is 0 Å². The van der Waals surface area contributed by atoms with Gasteiger partial charge in [0.1, 0.15) is 5.82 Å². The standard InChI is InChI=1S/C15H24N2O/c1-12(2)8-10-18-11-9-16-15-7-6-13-4-3-5-14(13)17-15/h6-7,12H,3-5,8-11H2,1-2H3,(H,16,17). The van der Waals surface area contributed by atoms with Crippen LogP contribution in [0, 0.1) is 5.92 Å². The maximum Gasteiger partial charge on any atom is 0.126 e. The van der Waals surface area contributed by atoms with Crippen LogP contribution in [0.2, 0.25) is 0 Å². The van der Waals surface area contributed by atoms with Gasteiger partial charge in [0.15, 0.2) is 0 Å². The summed E-state index contributed by atoms with van der Waals surface area (Å²) >= 11 is 0. The van der Waals surface area contributed by atoms with Gasteiger partial charge in [0.25, 0.3) is 0 Å². The summed E-state index contributed by atoms with van der Waals surface area (Å²) < 4.78 is 5.57. The summed E-state index contributed by atoms with van der Waals surface area (Å²) in [6.07, 6.45) is 4.72. The summed E-state index contributed by atoms with van der Waals surface area (Å²) in [7, 11) is 0. The first-order chi connectivity index (χ1) is 8.75. The van der Waals surface area contributed by atoms with E-state index < -0.39 is 0 Å². The highest BCUT2D eigenvalue weighted by molar-refractivity contribution is 5.40. The number of rotatable bonds is 7. The van der Waals surface area contributed by atoms with Gasteiger partial charge in [-0.25, -0.2) is 4.98 Å². The quantitative estimate of drug-likeness (QED) is 0.753. The molecule has 3 heteroatoms. The molecule has 1 aromatic heterocycles. The minimum Gasteiger partial charge on any atom is -0.380 e. The molecule has 0 atom stereocenters. The fourth-order valence-electron chi connectivity index (χ4n) is 2.19. The van der Waals surface area contributed by atoms with E-state index in [-0.39, 0.29) is 0 Å². The minimum atomic E-state index is 0.719. The number of aryl methyl sites for hydroxylation is 2. The third kappa shape index (κ3) is 3.98. The molecule has 1 aliphatic carbocycles. The average Bonchev–Trinajstić information content (AvgIpc) is 2.80. The number of hydrogen-bond donors (Lipinski definition) is 1. The van der Waals surface area contributed by atoms with Crippen LogP contribution in [0.15, 0.2) is 12.1 Å². The normalized spacial score (nSPS) is 13.9. The molecule has 2 rings (SSSR count). The number of pyridine rings is 1. The van der Waals surface area contributed by atoms with E-state index in [0.29, 0.717) is 0 Å². The van der Waals surface area contributed by atoms with Gasteiger partial charge in [-0.3, -0.25) is 0 Å². The first kappa shape index (κ1) is 13.3. The molecule has 0 saturated heterocycles. The van der Waals surface area contributed by atoms with Gasteiger partial charge in [0.05, 0.1) is 6.61 Å². The molecule has 1 heterocycles. The van der Waals surface area contributed by atoms with Crippen molar-refractivity contribution in [3.63, 3.8) is 0 Å². The topological polar surface area (TPSA) is 34.1 Å². The van der Waals surface area contributed by atoms with Gasteiger partial charge in [-0.1, -0.05) is 19.9 Å². The third-order valence-electron chi connectivity index (χ3n) is 3.32. The van der Waals surface area contributed by atoms with Crippen LogP contribution >= 0.6 is 0 Å². The van der Waals surface area contributed by atoms with E-state index in [2.05, 4.69) is 36.3 Å². The molecule has 3 nitrogen and oxygen atoms in total. The predicted molar refractivity (Wildman–Crippen MR) is 75.0 cm³/mol. The summed E-state index contributed by atoms with van der Waals surface area (Å²) in [5.74, 6) is 1.71. The number of aromatic nitrogens is 1. The van der Waals surface area contributed by atoms with Crippen LogP contribution in [0.1, 0.15) is 37.9 Å². The maximum absolute atomic E-state index is 5.57. The van der Waals surface area contributed by atoms with Crippen molar-refractivity contribution in [1.29, 1.82) is 0 Å². The first-order valence-corrected chi connectivity index (χ1v) is 7.06. The summed E-state index contributed by atoms with van der Waals surface area (Å²) in [6.45, 7) is 6.89. The first-order valence-electron chi connectivity index (χ1n) is 7.06. The molecule has 1 N–H and O–H groups in total. The molecule has 0 saturated carbocycles. The van der Waals surface area contributed by atoms with E-state index in [0.717, 1.165) is 44.3 Å². The number of anilines is 1. The molecule has 18 heavy (non-hydrogen) atoms. The van der Waals surface area contributed by atoms with Crippen LogP contribution in [0.5, 0.6) is 0 Å². The van der Waals surface area contributed by atoms with Crippen molar-refractivity contribution in [2.24, 2.45) is 5.92 Å². The van der Waals surface area contributed by atoms with E-state index in [4.69, 9.17) is 4.74 Å². The zero-order valence-electron chi connectivity index (χ0n) is 11.5. The second-order valence-corrected chi connectivity index (χ2v) is 5.38. The highest BCUT2D eigenvalue weighted by Crippen LogP contribution is 2.21. The summed E-state index contributed by atoms with van der Waals surface area (Å²) in [5.41, 5.74) is 2.70. The van der Waals surface area contributed by atoms with Gasteiger partial charge in [-0.05, 0) is 43.2 Å². The molecule has 0 unspecified atom stereocenters. The lowest BCUT2D eigenvalue weighted by atomic mass is 10.1. The Labute approximate surface area is 110 Å². The minimum absolute atomic E-state index is 0.719. The molecule has 0 aromatic carbocycles. The van der Waals surface area contributed by atoms with Gasteiger partial charge >= 0.3 is 0 Å². The van der Waals surface area contributed by atoms with Gasteiger partial charge in [-0.15, -0.1) is 0 Å². The van der Waals surface area contributed by atoms with Gasteiger partial charge in [0, 0.05) is 18.8 Å². The number of hydrogen-bond acceptors (Lipinski definition) is 3. The van der Waals surface area contributed by atoms with Crippen LogP contribution in [0.4, 0.5) is 5.82 Å². The maximum atomic E-state index is 5.57. The lowest BCUT2D eigenvalue weighted by molar-refractivity contribution is 0.132. The van der Waals surface area contributed by atoms with Crippen LogP contribution in [-0.2, 0) is 17.6 Å². The summed E-state index contributed by atoms with van der Waals surface area (Å²) in [4.78, 5) is 4.63. The van der Waals surface area contributed by atoms with Gasteiger partial charge in [0.2, 0.25) is 0 Å². The van der Waals surface area contributed by atoms with Crippen LogP contribution in [-0.4, -0.2) is 24.7 Å². The molecule has 0 radical (unpaired) electrons. The highest BCUT2D eigenvalue weighted by Gasteiger charge is 2.11. The molecular formula is C15H24N2O. The SMILES string of the molecule is CC(C)CCOCCNc1ccc2c(n1)CCC2. The Morgan fingerprint density at radius 2 is 2.17 bits per heavy atom. The second kappa shape index (κ2) is 6.74. The largest absolute Gasteiger partial charge is 0.380 e. The van der Waals surface area contributed by atoms with Crippen LogP contribution in [0.25, 0.3) is 0 Å². The smallest absolute Gasteiger partial charge is 0.126 e. The van der Waals surface area contributed by atoms with Crippen molar-refractivity contribution in [3.05, 3.63) is 23.4 Å². The Kier molecular flexibility index (Phi) is 5.00. The average molecular weight is 248 g/mol. The molecule has 1 aromatic rings. The van der Waals surface area contributed by atoms with E-state index in [9.17, 15) is 0 Å². The molecule has 0 amide bonds. The molecule has 0 fully saturated rings. The van der Waals surface area contributed by atoms with Crippen molar-refractivity contribution < 1.29 is 4.74 Å². The van der Waals surface area contributed by atoms with Crippen molar-refractivity contribution in [1.82, 2.24) is 4.98 Å². The molecule has 100 valence electrons. The third-order valence-corrected chi connectivity index (χ3v) is 3.32. The number of nitrogens with zero attached hydrogens (tertiary/aromatic N) is 1. The van der Waals surface area contributed by atoms with Crippen molar-refractivity contribution in [3.8, 4) is 0 Å². The molecule has 1 aliphatic rings. The number of nitrogens with one attached hydrogen (secondary N) is 1. The van der Waals surface area contributed by atoms with Crippen LogP contribution in [0.3, 0.4) is 0 Å². The lowest BCUT2D eigenvalue weighted by Gasteiger charge is -2.09. The lowest BCUT2D eigenvalue weighted by Crippen LogP contribution is -2.12. The van der Waals surface area contributed by atoms with E-state index in [1.807, 2.05) is 0 Å². The van der Waals surface area contributed by atoms with Crippen LogP contribution < -0.4 is 5.32 Å². The zero-order chi connectivity index (χ0) is 12.8. The fraction of sp³-hybridized carbons (Fsp3) is 0.667. The molecule has 0 aliphatic heterocycles. The number of ether oxygens (including phenoxy) is 1. The number of fused-ring (bicyclic) bond motifs is 1.